The first-order valence-electron chi connectivity index (χ1n) is 9.37. The first-order chi connectivity index (χ1) is 11.6. The Morgan fingerprint density at radius 3 is 2.33 bits per heavy atom. The van der Waals surface area contributed by atoms with Crippen LogP contribution in [-0.4, -0.2) is 73.5 Å². The van der Waals surface area contributed by atoms with E-state index in [-0.39, 0.29) is 5.41 Å². The Labute approximate surface area is 146 Å². The summed E-state index contributed by atoms with van der Waals surface area (Å²) in [5.74, 6) is 0.786. The van der Waals surface area contributed by atoms with Gasteiger partial charge in [-0.25, -0.2) is 0 Å². The molecule has 1 aliphatic carbocycles. The Morgan fingerprint density at radius 2 is 1.75 bits per heavy atom. The molecule has 4 heteroatoms. The molecule has 2 atom stereocenters. The van der Waals surface area contributed by atoms with Gasteiger partial charge in [-0.2, -0.15) is 0 Å². The van der Waals surface area contributed by atoms with Crippen molar-refractivity contribution in [1.82, 2.24) is 14.7 Å². The van der Waals surface area contributed by atoms with Crippen LogP contribution < -0.4 is 0 Å². The van der Waals surface area contributed by atoms with Crippen molar-refractivity contribution < 1.29 is 4.79 Å². The van der Waals surface area contributed by atoms with Crippen molar-refractivity contribution in [2.24, 2.45) is 5.92 Å². The predicted octanol–water partition coefficient (Wildman–Crippen LogP) is 2.06. The minimum Gasteiger partial charge on any atom is -0.342 e. The van der Waals surface area contributed by atoms with Gasteiger partial charge < -0.3 is 14.7 Å². The number of rotatable bonds is 6. The SMILES string of the molecule is CCN(CC)C(=O)[C@]1(c2ccccc2)C[C@H]1CN1CCN(C)CC1. The molecule has 1 amide bonds. The zero-order valence-electron chi connectivity index (χ0n) is 15.4. The summed E-state index contributed by atoms with van der Waals surface area (Å²) in [7, 11) is 2.19. The van der Waals surface area contributed by atoms with Gasteiger partial charge in [0.25, 0.3) is 0 Å². The van der Waals surface area contributed by atoms with Crippen molar-refractivity contribution in [3.8, 4) is 0 Å². The molecule has 132 valence electrons. The number of hydrogen-bond donors (Lipinski definition) is 0. The standard InChI is InChI=1S/C20H31N3O/c1-4-23(5-2)19(24)20(17-9-7-6-8-10-17)15-18(20)16-22-13-11-21(3)12-14-22/h6-10,18H,4-5,11-16H2,1-3H3/t18-,20-/m0/s1. The predicted molar refractivity (Wildman–Crippen MR) is 98.1 cm³/mol. The molecule has 0 N–H and O–H groups in total. The van der Waals surface area contributed by atoms with Gasteiger partial charge in [-0.1, -0.05) is 30.3 Å². The second-order valence-electron chi connectivity index (χ2n) is 7.32. The lowest BCUT2D eigenvalue weighted by atomic mass is 9.91. The van der Waals surface area contributed by atoms with Gasteiger partial charge >= 0.3 is 0 Å². The zero-order valence-corrected chi connectivity index (χ0v) is 15.4. The van der Waals surface area contributed by atoms with Crippen LogP contribution in [0.25, 0.3) is 0 Å². The van der Waals surface area contributed by atoms with Crippen LogP contribution in [0.4, 0.5) is 0 Å². The summed E-state index contributed by atoms with van der Waals surface area (Å²) in [4.78, 5) is 20.2. The van der Waals surface area contributed by atoms with E-state index in [9.17, 15) is 4.79 Å². The zero-order chi connectivity index (χ0) is 17.2. The lowest BCUT2D eigenvalue weighted by Crippen LogP contribution is -2.46. The van der Waals surface area contributed by atoms with Crippen molar-refractivity contribution in [2.75, 3.05) is 52.9 Å². The largest absolute Gasteiger partial charge is 0.342 e. The van der Waals surface area contributed by atoms with Gasteiger partial charge in [0.15, 0.2) is 0 Å². The molecular weight excluding hydrogens is 298 g/mol. The van der Waals surface area contributed by atoms with Crippen LogP contribution in [0, 0.1) is 5.92 Å². The van der Waals surface area contributed by atoms with Crippen molar-refractivity contribution in [1.29, 1.82) is 0 Å². The molecule has 0 bridgehead atoms. The Bertz CT molecular complexity index is 549. The van der Waals surface area contributed by atoms with Gasteiger partial charge in [0.05, 0.1) is 5.41 Å². The van der Waals surface area contributed by atoms with E-state index in [4.69, 9.17) is 0 Å². The van der Waals surface area contributed by atoms with E-state index in [1.54, 1.807) is 0 Å². The fourth-order valence-corrected chi connectivity index (χ4v) is 4.16. The number of amides is 1. The van der Waals surface area contributed by atoms with Gasteiger partial charge in [-0.3, -0.25) is 4.79 Å². The number of nitrogens with zero attached hydrogens (tertiary/aromatic N) is 3. The molecule has 1 saturated heterocycles. The summed E-state index contributed by atoms with van der Waals surface area (Å²) >= 11 is 0. The first-order valence-corrected chi connectivity index (χ1v) is 9.37. The normalized spacial score (nSPS) is 27.9. The maximum Gasteiger partial charge on any atom is 0.233 e. The maximum absolute atomic E-state index is 13.3. The fourth-order valence-electron chi connectivity index (χ4n) is 4.16. The highest BCUT2D eigenvalue weighted by Crippen LogP contribution is 2.55. The molecule has 0 aromatic heterocycles. The van der Waals surface area contributed by atoms with Gasteiger partial charge in [-0.15, -0.1) is 0 Å². The maximum atomic E-state index is 13.3. The molecule has 4 nitrogen and oxygen atoms in total. The van der Waals surface area contributed by atoms with Gasteiger partial charge in [-0.05, 0) is 38.8 Å². The average Bonchev–Trinajstić information content (AvgIpc) is 3.34. The van der Waals surface area contributed by atoms with Crippen molar-refractivity contribution in [3.05, 3.63) is 35.9 Å². The molecule has 24 heavy (non-hydrogen) atoms. The van der Waals surface area contributed by atoms with Crippen LogP contribution >= 0.6 is 0 Å². The van der Waals surface area contributed by atoms with E-state index in [2.05, 4.69) is 55.0 Å². The van der Waals surface area contributed by atoms with Crippen LogP contribution in [-0.2, 0) is 10.2 Å². The molecule has 0 radical (unpaired) electrons. The summed E-state index contributed by atoms with van der Waals surface area (Å²) in [6.45, 7) is 11.3. The van der Waals surface area contributed by atoms with E-state index < -0.39 is 0 Å². The third-order valence-electron chi connectivity index (χ3n) is 5.90. The number of carbonyl (C=O) groups excluding carboxylic acids is 1. The molecule has 1 saturated carbocycles. The lowest BCUT2D eigenvalue weighted by Gasteiger charge is -2.33. The van der Waals surface area contributed by atoms with E-state index in [0.29, 0.717) is 11.8 Å². The van der Waals surface area contributed by atoms with Crippen molar-refractivity contribution >= 4 is 5.91 Å². The number of likely N-dealkylation sites (N-methyl/N-ethyl adjacent to an activating group) is 2. The van der Waals surface area contributed by atoms with E-state index in [1.165, 1.54) is 5.56 Å². The monoisotopic (exact) mass is 329 g/mol. The fraction of sp³-hybridized carbons (Fsp3) is 0.650. The van der Waals surface area contributed by atoms with Crippen LogP contribution in [0.1, 0.15) is 25.8 Å². The molecule has 1 aromatic rings. The van der Waals surface area contributed by atoms with Crippen LogP contribution in [0.3, 0.4) is 0 Å². The number of benzene rings is 1. The number of hydrogen-bond acceptors (Lipinski definition) is 3. The van der Waals surface area contributed by atoms with Crippen molar-refractivity contribution in [3.63, 3.8) is 0 Å². The van der Waals surface area contributed by atoms with Crippen molar-refractivity contribution in [2.45, 2.75) is 25.7 Å². The summed E-state index contributed by atoms with van der Waals surface area (Å²) < 4.78 is 0. The summed E-state index contributed by atoms with van der Waals surface area (Å²) in [5, 5.41) is 0. The summed E-state index contributed by atoms with van der Waals surface area (Å²) in [5.41, 5.74) is 0.928. The summed E-state index contributed by atoms with van der Waals surface area (Å²) in [6.07, 6.45) is 0.999. The average molecular weight is 329 g/mol. The van der Waals surface area contributed by atoms with E-state index >= 15 is 0 Å². The van der Waals surface area contributed by atoms with Gasteiger partial charge in [0.2, 0.25) is 5.91 Å². The highest BCUT2D eigenvalue weighted by Gasteiger charge is 2.61. The van der Waals surface area contributed by atoms with E-state index in [1.807, 2.05) is 11.0 Å². The molecule has 1 aliphatic heterocycles. The molecule has 1 aromatic carbocycles. The Balaban J connectivity index is 1.77. The van der Waals surface area contributed by atoms with Gasteiger partial charge in [0.1, 0.15) is 0 Å². The molecule has 3 rings (SSSR count). The Hall–Kier alpha value is -1.39. The number of piperazine rings is 1. The molecular formula is C20H31N3O. The van der Waals surface area contributed by atoms with Gasteiger partial charge in [0, 0.05) is 45.8 Å². The molecule has 0 spiro atoms. The second kappa shape index (κ2) is 7.24. The lowest BCUT2D eigenvalue weighted by molar-refractivity contribution is -0.134. The molecule has 2 fully saturated rings. The summed E-state index contributed by atoms with van der Waals surface area (Å²) in [6, 6.07) is 10.5. The molecule has 1 heterocycles. The third kappa shape index (κ3) is 3.22. The highest BCUT2D eigenvalue weighted by atomic mass is 16.2. The first kappa shape index (κ1) is 17.4. The topological polar surface area (TPSA) is 26.8 Å². The minimum atomic E-state index is -0.281. The van der Waals surface area contributed by atoms with Crippen LogP contribution in [0.5, 0.6) is 0 Å². The Morgan fingerprint density at radius 1 is 1.12 bits per heavy atom. The molecule has 0 unspecified atom stereocenters. The molecule has 2 aliphatic rings. The third-order valence-corrected chi connectivity index (χ3v) is 5.90. The second-order valence-corrected chi connectivity index (χ2v) is 7.32. The van der Waals surface area contributed by atoms with E-state index in [0.717, 1.165) is 52.2 Å². The quantitative estimate of drug-likeness (QED) is 0.799. The highest BCUT2D eigenvalue weighted by molar-refractivity contribution is 5.92. The smallest absolute Gasteiger partial charge is 0.233 e. The van der Waals surface area contributed by atoms with Crippen LogP contribution in [0.2, 0.25) is 0 Å². The van der Waals surface area contributed by atoms with Crippen LogP contribution in [0.15, 0.2) is 30.3 Å². The minimum absolute atomic E-state index is 0.281. The number of carbonyl (C=O) groups is 1. The Kier molecular flexibility index (Phi) is 5.26.